The van der Waals surface area contributed by atoms with Crippen molar-refractivity contribution < 1.29 is 13.9 Å². The molecule has 0 aliphatic carbocycles. The topological polar surface area (TPSA) is 88.0 Å². The third-order valence-corrected chi connectivity index (χ3v) is 3.46. The van der Waals surface area contributed by atoms with Crippen molar-refractivity contribution in [1.29, 1.82) is 5.41 Å². The number of amidine groups is 1. The lowest BCUT2D eigenvalue weighted by atomic mass is 10.1. The molecule has 2 N–H and O–H groups in total. The third-order valence-electron chi connectivity index (χ3n) is 2.90. The van der Waals surface area contributed by atoms with Gasteiger partial charge in [0.25, 0.3) is 5.91 Å². The van der Waals surface area contributed by atoms with E-state index in [1.54, 1.807) is 6.07 Å². The Kier molecular flexibility index (Phi) is 6.60. The van der Waals surface area contributed by atoms with Crippen molar-refractivity contribution >= 4 is 34.9 Å². The van der Waals surface area contributed by atoms with Crippen LogP contribution in [0.4, 0.5) is 4.39 Å². The zero-order chi connectivity index (χ0) is 17.5. The molecular formula is C15H13Cl2FN4O2. The lowest BCUT2D eigenvalue weighted by Gasteiger charge is -2.08. The molecule has 2 aromatic rings. The van der Waals surface area contributed by atoms with Gasteiger partial charge in [0.1, 0.15) is 18.3 Å². The Morgan fingerprint density at radius 2 is 2.04 bits per heavy atom. The number of carbonyl (C=O) groups is 1. The molecule has 0 fully saturated rings. The van der Waals surface area contributed by atoms with Gasteiger partial charge in [0, 0.05) is 12.4 Å². The van der Waals surface area contributed by atoms with E-state index in [4.69, 9.17) is 33.3 Å². The molecule has 0 spiro atoms. The maximum atomic E-state index is 13.0. The Hall–Kier alpha value is -2.09. The van der Waals surface area contributed by atoms with E-state index in [2.05, 4.69) is 15.3 Å². The summed E-state index contributed by atoms with van der Waals surface area (Å²) < 4.78 is 18.3. The van der Waals surface area contributed by atoms with Crippen molar-refractivity contribution in [3.8, 4) is 0 Å². The molecule has 0 saturated heterocycles. The van der Waals surface area contributed by atoms with Crippen LogP contribution < -0.4 is 5.32 Å². The summed E-state index contributed by atoms with van der Waals surface area (Å²) in [4.78, 5) is 19.4. The smallest absolute Gasteiger partial charge is 0.278 e. The second-order valence-corrected chi connectivity index (χ2v) is 5.44. The highest BCUT2D eigenvalue weighted by Crippen LogP contribution is 2.16. The molecule has 1 amide bonds. The molecule has 0 aliphatic rings. The Labute approximate surface area is 147 Å². The molecule has 0 saturated carbocycles. The molecule has 126 valence electrons. The van der Waals surface area contributed by atoms with Crippen molar-refractivity contribution in [1.82, 2.24) is 15.3 Å². The van der Waals surface area contributed by atoms with E-state index < -0.39 is 11.7 Å². The van der Waals surface area contributed by atoms with E-state index in [9.17, 15) is 9.18 Å². The minimum Gasteiger partial charge on any atom is -0.373 e. The molecule has 0 aliphatic heterocycles. The van der Waals surface area contributed by atoms with Crippen LogP contribution in [0, 0.1) is 11.2 Å². The highest BCUT2D eigenvalue weighted by Gasteiger charge is 2.14. The van der Waals surface area contributed by atoms with Crippen LogP contribution in [0.5, 0.6) is 0 Å². The van der Waals surface area contributed by atoms with E-state index in [-0.39, 0.29) is 34.9 Å². The monoisotopic (exact) mass is 370 g/mol. The van der Waals surface area contributed by atoms with Crippen LogP contribution in [0.2, 0.25) is 10.2 Å². The number of hydrogen-bond acceptors (Lipinski definition) is 5. The van der Waals surface area contributed by atoms with Crippen LogP contribution in [0.25, 0.3) is 0 Å². The zero-order valence-corrected chi connectivity index (χ0v) is 13.9. The van der Waals surface area contributed by atoms with Crippen LogP contribution in [-0.4, -0.2) is 34.9 Å². The second-order valence-electron chi connectivity index (χ2n) is 4.68. The van der Waals surface area contributed by atoms with Crippen LogP contribution in [0.1, 0.15) is 16.1 Å². The molecule has 0 unspecified atom stereocenters. The van der Waals surface area contributed by atoms with Crippen LogP contribution in [0.3, 0.4) is 0 Å². The lowest BCUT2D eigenvalue weighted by molar-refractivity contribution is 0.0965. The average molecular weight is 371 g/mol. The number of ether oxygens (including phenoxy) is 1. The van der Waals surface area contributed by atoms with Gasteiger partial charge < -0.3 is 10.1 Å². The third kappa shape index (κ3) is 5.23. The molecule has 0 radical (unpaired) electrons. The SMILES string of the molecule is N=C(COCCc1ccc(F)c(Cl)c1)NC(=O)c1nccnc1Cl. The van der Waals surface area contributed by atoms with Crippen LogP contribution >= 0.6 is 23.2 Å². The minimum atomic E-state index is -0.632. The molecule has 0 bridgehead atoms. The van der Waals surface area contributed by atoms with Gasteiger partial charge in [0.05, 0.1) is 11.6 Å². The van der Waals surface area contributed by atoms with Crippen LogP contribution in [0.15, 0.2) is 30.6 Å². The van der Waals surface area contributed by atoms with Crippen molar-refractivity contribution in [2.24, 2.45) is 0 Å². The highest BCUT2D eigenvalue weighted by atomic mass is 35.5. The van der Waals surface area contributed by atoms with Gasteiger partial charge in [0.2, 0.25) is 0 Å². The summed E-state index contributed by atoms with van der Waals surface area (Å²) in [6.07, 6.45) is 3.18. The van der Waals surface area contributed by atoms with E-state index in [1.807, 2.05) is 0 Å². The molecule has 6 nitrogen and oxygen atoms in total. The van der Waals surface area contributed by atoms with Crippen molar-refractivity contribution in [3.05, 3.63) is 57.8 Å². The van der Waals surface area contributed by atoms with E-state index in [1.165, 1.54) is 24.5 Å². The maximum absolute atomic E-state index is 13.0. The number of benzene rings is 1. The fourth-order valence-corrected chi connectivity index (χ4v) is 2.16. The van der Waals surface area contributed by atoms with Crippen molar-refractivity contribution in [2.75, 3.05) is 13.2 Å². The van der Waals surface area contributed by atoms with Gasteiger partial charge >= 0.3 is 0 Å². The number of amides is 1. The van der Waals surface area contributed by atoms with Crippen LogP contribution in [-0.2, 0) is 11.2 Å². The first-order valence-electron chi connectivity index (χ1n) is 6.84. The summed E-state index contributed by atoms with van der Waals surface area (Å²) in [5.41, 5.74) is 0.744. The number of aromatic nitrogens is 2. The normalized spacial score (nSPS) is 10.5. The summed E-state index contributed by atoms with van der Waals surface area (Å²) in [7, 11) is 0. The first kappa shape index (κ1) is 18.3. The quantitative estimate of drug-likeness (QED) is 0.464. The predicted molar refractivity (Wildman–Crippen MR) is 88.2 cm³/mol. The second kappa shape index (κ2) is 8.68. The Morgan fingerprint density at radius 1 is 1.29 bits per heavy atom. The molecular weight excluding hydrogens is 358 g/mol. The fraction of sp³-hybridized carbons (Fsp3) is 0.200. The van der Waals surface area contributed by atoms with Gasteiger partial charge in [0.15, 0.2) is 10.8 Å². The summed E-state index contributed by atoms with van der Waals surface area (Å²) >= 11 is 11.4. The Balaban J connectivity index is 1.74. The lowest BCUT2D eigenvalue weighted by Crippen LogP contribution is -2.34. The number of halogens is 3. The zero-order valence-electron chi connectivity index (χ0n) is 12.4. The van der Waals surface area contributed by atoms with Crippen molar-refractivity contribution in [2.45, 2.75) is 6.42 Å². The summed E-state index contributed by atoms with van der Waals surface area (Å²) in [5, 5.41) is 9.98. The first-order chi connectivity index (χ1) is 11.5. The number of hydrogen-bond donors (Lipinski definition) is 2. The molecule has 24 heavy (non-hydrogen) atoms. The van der Waals surface area contributed by atoms with Gasteiger partial charge in [-0.2, -0.15) is 0 Å². The highest BCUT2D eigenvalue weighted by molar-refractivity contribution is 6.32. The number of carbonyl (C=O) groups excluding carboxylic acids is 1. The number of nitrogens with zero attached hydrogens (tertiary/aromatic N) is 2. The Morgan fingerprint density at radius 3 is 2.75 bits per heavy atom. The Bertz CT molecular complexity index is 758. The largest absolute Gasteiger partial charge is 0.373 e. The number of rotatable bonds is 6. The number of nitrogens with one attached hydrogen (secondary N) is 2. The van der Waals surface area contributed by atoms with Gasteiger partial charge in [-0.05, 0) is 24.1 Å². The summed E-state index contributed by atoms with van der Waals surface area (Å²) in [6.45, 7) is 0.185. The molecule has 2 rings (SSSR count). The van der Waals surface area contributed by atoms with Gasteiger partial charge in [-0.25, -0.2) is 14.4 Å². The molecule has 1 aromatic carbocycles. The molecule has 1 aromatic heterocycles. The molecule has 0 atom stereocenters. The summed E-state index contributed by atoms with van der Waals surface area (Å²) in [5.74, 6) is -1.25. The van der Waals surface area contributed by atoms with Gasteiger partial charge in [-0.3, -0.25) is 10.2 Å². The van der Waals surface area contributed by atoms with Crippen molar-refractivity contribution in [3.63, 3.8) is 0 Å². The van der Waals surface area contributed by atoms with E-state index in [0.717, 1.165) is 5.56 Å². The predicted octanol–water partition coefficient (Wildman–Crippen LogP) is 2.89. The van der Waals surface area contributed by atoms with E-state index in [0.29, 0.717) is 6.42 Å². The fourth-order valence-electron chi connectivity index (χ4n) is 1.77. The summed E-state index contributed by atoms with van der Waals surface area (Å²) in [6, 6.07) is 4.40. The van der Waals surface area contributed by atoms with Gasteiger partial charge in [-0.15, -0.1) is 0 Å². The van der Waals surface area contributed by atoms with Gasteiger partial charge in [-0.1, -0.05) is 29.3 Å². The standard InChI is InChI=1S/C15H13Cl2FN4O2/c16-10-7-9(1-2-11(10)18)3-6-24-8-12(19)22-15(23)13-14(17)21-5-4-20-13/h1-2,4-5,7H,3,6,8H2,(H2,19,22,23). The average Bonchev–Trinajstić information content (AvgIpc) is 2.55. The minimum absolute atomic E-state index is 0.0445. The first-order valence-corrected chi connectivity index (χ1v) is 7.60. The van der Waals surface area contributed by atoms with E-state index >= 15 is 0 Å². The molecule has 1 heterocycles. The maximum Gasteiger partial charge on any atom is 0.278 e. The molecule has 9 heteroatoms.